The number of aliphatic imine (C=N–C) groups is 1. The summed E-state index contributed by atoms with van der Waals surface area (Å²) >= 11 is 0. The van der Waals surface area contributed by atoms with Crippen LogP contribution in [0.25, 0.3) is 0 Å². The summed E-state index contributed by atoms with van der Waals surface area (Å²) in [4.78, 5) is 8.49. The predicted octanol–water partition coefficient (Wildman–Crippen LogP) is 3.63. The molecule has 156 valence electrons. The van der Waals surface area contributed by atoms with Gasteiger partial charge in [0, 0.05) is 38.1 Å². The number of nitrogens with one attached hydrogen (secondary N) is 2. The molecule has 2 N–H and O–H groups in total. The van der Waals surface area contributed by atoms with Gasteiger partial charge in [-0.25, -0.2) is 0 Å². The van der Waals surface area contributed by atoms with Gasteiger partial charge in [0.1, 0.15) is 0 Å². The molecule has 6 heteroatoms. The van der Waals surface area contributed by atoms with E-state index in [1.54, 1.807) is 14.2 Å². The summed E-state index contributed by atoms with van der Waals surface area (Å²) in [5, 5.41) is 6.78. The maximum atomic E-state index is 6.32. The quantitative estimate of drug-likeness (QED) is 0.527. The first kappa shape index (κ1) is 21.0. The lowest BCUT2D eigenvalue weighted by Crippen LogP contribution is -2.38. The average molecular weight is 397 g/mol. The smallest absolute Gasteiger partial charge is 0.191 e. The van der Waals surface area contributed by atoms with Crippen LogP contribution in [0.4, 0.5) is 0 Å². The van der Waals surface area contributed by atoms with Gasteiger partial charge in [0.05, 0.1) is 13.2 Å². The highest BCUT2D eigenvalue weighted by Crippen LogP contribution is 2.34. The molecule has 0 aliphatic heterocycles. The van der Waals surface area contributed by atoms with E-state index in [-0.39, 0.29) is 6.10 Å². The van der Waals surface area contributed by atoms with Crippen molar-refractivity contribution in [2.24, 2.45) is 4.99 Å². The second-order valence-electron chi connectivity index (χ2n) is 7.38. The van der Waals surface area contributed by atoms with Crippen LogP contribution in [0, 0.1) is 6.92 Å². The van der Waals surface area contributed by atoms with Crippen LogP contribution in [0.3, 0.4) is 0 Å². The molecule has 6 nitrogen and oxygen atoms in total. The van der Waals surface area contributed by atoms with Crippen LogP contribution in [0.15, 0.2) is 41.7 Å². The molecule has 1 aromatic heterocycles. The van der Waals surface area contributed by atoms with E-state index >= 15 is 0 Å². The lowest BCUT2D eigenvalue weighted by molar-refractivity contribution is 0.198. The van der Waals surface area contributed by atoms with E-state index in [9.17, 15) is 0 Å². The van der Waals surface area contributed by atoms with Crippen molar-refractivity contribution in [3.63, 3.8) is 0 Å². The van der Waals surface area contributed by atoms with Crippen molar-refractivity contribution in [3.8, 4) is 11.5 Å². The van der Waals surface area contributed by atoms with Crippen LogP contribution in [-0.4, -0.2) is 37.7 Å². The maximum Gasteiger partial charge on any atom is 0.191 e. The second kappa shape index (κ2) is 10.7. The number of ether oxygens (including phenoxy) is 2. The SMILES string of the molecule is CN=C(NCCc1ccncc1C)NCc1cccc(OC)c1OC1CCCC1. The zero-order valence-electron chi connectivity index (χ0n) is 17.7. The van der Waals surface area contributed by atoms with Crippen LogP contribution < -0.4 is 20.1 Å². The fraction of sp³-hybridized carbons (Fsp3) is 0.478. The molecule has 1 aromatic carbocycles. The number of pyridine rings is 1. The average Bonchev–Trinajstić information content (AvgIpc) is 3.25. The van der Waals surface area contributed by atoms with Gasteiger partial charge in [-0.05, 0) is 62.3 Å². The third-order valence-electron chi connectivity index (χ3n) is 5.36. The first-order valence-electron chi connectivity index (χ1n) is 10.4. The van der Waals surface area contributed by atoms with Crippen LogP contribution in [0.2, 0.25) is 0 Å². The van der Waals surface area contributed by atoms with Crippen molar-refractivity contribution >= 4 is 5.96 Å². The Morgan fingerprint density at radius 1 is 1.17 bits per heavy atom. The number of para-hydroxylation sites is 1. The van der Waals surface area contributed by atoms with Crippen molar-refractivity contribution < 1.29 is 9.47 Å². The van der Waals surface area contributed by atoms with Crippen molar-refractivity contribution in [2.75, 3.05) is 20.7 Å². The van der Waals surface area contributed by atoms with Gasteiger partial charge >= 0.3 is 0 Å². The molecular weight excluding hydrogens is 364 g/mol. The number of hydrogen-bond acceptors (Lipinski definition) is 4. The van der Waals surface area contributed by atoms with E-state index in [1.807, 2.05) is 24.5 Å². The zero-order chi connectivity index (χ0) is 20.5. The Labute approximate surface area is 173 Å². The molecule has 0 saturated heterocycles. The highest BCUT2D eigenvalue weighted by Gasteiger charge is 2.20. The van der Waals surface area contributed by atoms with Gasteiger partial charge in [-0.2, -0.15) is 0 Å². The predicted molar refractivity (Wildman–Crippen MR) is 117 cm³/mol. The largest absolute Gasteiger partial charge is 0.493 e. The maximum absolute atomic E-state index is 6.32. The monoisotopic (exact) mass is 396 g/mol. The highest BCUT2D eigenvalue weighted by atomic mass is 16.5. The van der Waals surface area contributed by atoms with Crippen LogP contribution in [0.5, 0.6) is 11.5 Å². The third kappa shape index (κ3) is 5.86. The first-order valence-corrected chi connectivity index (χ1v) is 10.4. The Bertz CT molecular complexity index is 816. The van der Waals surface area contributed by atoms with Crippen molar-refractivity contribution in [1.29, 1.82) is 0 Å². The molecule has 0 radical (unpaired) electrons. The van der Waals surface area contributed by atoms with E-state index in [4.69, 9.17) is 9.47 Å². The minimum atomic E-state index is 0.283. The number of methoxy groups -OCH3 is 1. The number of rotatable bonds is 8. The highest BCUT2D eigenvalue weighted by molar-refractivity contribution is 5.79. The fourth-order valence-electron chi connectivity index (χ4n) is 3.67. The molecule has 1 fully saturated rings. The molecule has 0 bridgehead atoms. The van der Waals surface area contributed by atoms with Gasteiger partial charge in [-0.1, -0.05) is 12.1 Å². The molecule has 3 rings (SSSR count). The second-order valence-corrected chi connectivity index (χ2v) is 7.38. The molecule has 0 unspecified atom stereocenters. The molecule has 0 amide bonds. The minimum absolute atomic E-state index is 0.283. The molecule has 1 heterocycles. The summed E-state index contributed by atoms with van der Waals surface area (Å²) < 4.78 is 11.9. The van der Waals surface area contributed by atoms with E-state index in [2.05, 4.69) is 39.7 Å². The summed E-state index contributed by atoms with van der Waals surface area (Å²) in [6, 6.07) is 8.10. The standard InChI is InChI=1S/C23H32N4O2/c1-17-15-25-13-11-18(17)12-14-26-23(24-2)27-16-19-7-6-10-21(28-3)22(19)29-20-8-4-5-9-20/h6-7,10-11,13,15,20H,4-5,8-9,12,14,16H2,1-3H3,(H2,24,26,27). The third-order valence-corrected chi connectivity index (χ3v) is 5.36. The lowest BCUT2D eigenvalue weighted by atomic mass is 10.1. The molecule has 0 atom stereocenters. The van der Waals surface area contributed by atoms with Gasteiger partial charge in [-0.3, -0.25) is 9.98 Å². The van der Waals surface area contributed by atoms with E-state index in [1.165, 1.54) is 24.0 Å². The molecule has 1 aliphatic rings. The molecular formula is C23H32N4O2. The van der Waals surface area contributed by atoms with Gasteiger partial charge in [0.15, 0.2) is 17.5 Å². The number of guanidine groups is 1. The number of benzene rings is 1. The van der Waals surface area contributed by atoms with E-state index < -0.39 is 0 Å². The van der Waals surface area contributed by atoms with Gasteiger partial charge in [-0.15, -0.1) is 0 Å². The topological polar surface area (TPSA) is 67.8 Å². The normalized spacial score (nSPS) is 14.7. The van der Waals surface area contributed by atoms with Gasteiger partial charge < -0.3 is 20.1 Å². The van der Waals surface area contributed by atoms with Crippen molar-refractivity contribution in [1.82, 2.24) is 15.6 Å². The van der Waals surface area contributed by atoms with Crippen LogP contribution in [-0.2, 0) is 13.0 Å². The molecule has 1 saturated carbocycles. The number of aryl methyl sites for hydroxylation is 1. The van der Waals surface area contributed by atoms with Crippen molar-refractivity contribution in [2.45, 2.75) is 51.7 Å². The Morgan fingerprint density at radius 3 is 2.72 bits per heavy atom. The summed E-state index contributed by atoms with van der Waals surface area (Å²) in [7, 11) is 3.48. The first-order chi connectivity index (χ1) is 14.2. The Hall–Kier alpha value is -2.76. The zero-order valence-corrected chi connectivity index (χ0v) is 17.7. The van der Waals surface area contributed by atoms with E-state index in [0.29, 0.717) is 6.54 Å². The number of hydrogen-bond donors (Lipinski definition) is 2. The molecule has 1 aliphatic carbocycles. The molecule has 2 aromatic rings. The number of aromatic nitrogens is 1. The molecule has 29 heavy (non-hydrogen) atoms. The van der Waals surface area contributed by atoms with Crippen LogP contribution in [0.1, 0.15) is 42.4 Å². The Kier molecular flexibility index (Phi) is 7.73. The molecule has 0 spiro atoms. The number of nitrogens with zero attached hydrogens (tertiary/aromatic N) is 2. The summed E-state index contributed by atoms with van der Waals surface area (Å²) in [5.74, 6) is 2.40. The fourth-order valence-corrected chi connectivity index (χ4v) is 3.67. The van der Waals surface area contributed by atoms with Crippen LogP contribution >= 0.6 is 0 Å². The summed E-state index contributed by atoms with van der Waals surface area (Å²) in [6.45, 7) is 3.51. The Balaban J connectivity index is 1.58. The Morgan fingerprint density at radius 2 is 2.00 bits per heavy atom. The van der Waals surface area contributed by atoms with E-state index in [0.717, 1.165) is 48.8 Å². The van der Waals surface area contributed by atoms with Crippen molar-refractivity contribution in [3.05, 3.63) is 53.3 Å². The minimum Gasteiger partial charge on any atom is -0.493 e. The summed E-state index contributed by atoms with van der Waals surface area (Å²) in [5.41, 5.74) is 3.58. The lowest BCUT2D eigenvalue weighted by Gasteiger charge is -2.20. The summed E-state index contributed by atoms with van der Waals surface area (Å²) in [6.07, 6.45) is 9.64. The van der Waals surface area contributed by atoms with Gasteiger partial charge in [0.2, 0.25) is 0 Å². The van der Waals surface area contributed by atoms with Gasteiger partial charge in [0.25, 0.3) is 0 Å².